The molecule has 24 heteroatoms. The highest BCUT2D eigenvalue weighted by molar-refractivity contribution is 6.01. The van der Waals surface area contributed by atoms with E-state index < -0.39 is 143 Å². The van der Waals surface area contributed by atoms with Crippen molar-refractivity contribution in [3.05, 3.63) is 54.1 Å². The maximum absolute atomic E-state index is 17.7. The minimum atomic E-state index is -2.57. The number of halogens is 1. The van der Waals surface area contributed by atoms with Gasteiger partial charge in [-0.1, -0.05) is 18.6 Å². The van der Waals surface area contributed by atoms with Gasteiger partial charge in [-0.2, -0.15) is 0 Å². The number of aliphatic hydroxyl groups is 2. The highest BCUT2D eigenvalue weighted by Gasteiger charge is 2.78. The lowest BCUT2D eigenvalue weighted by Crippen LogP contribution is -2.70. The molecule has 0 saturated heterocycles. The molecule has 0 spiro atoms. The Bertz CT molecular complexity index is 1690. The molecule has 0 aromatic rings. The number of aliphatic hydroxyl groups excluding tert-OH is 2. The van der Waals surface area contributed by atoms with Crippen LogP contribution in [0.15, 0.2) is 23.8 Å². The van der Waals surface area contributed by atoms with E-state index in [2.05, 4.69) is 14.5 Å². The van der Waals surface area contributed by atoms with Crippen LogP contribution in [0, 0.1) is 53.0 Å². The van der Waals surface area contributed by atoms with Crippen LogP contribution in [0.2, 0.25) is 0 Å². The van der Waals surface area contributed by atoms with Crippen LogP contribution >= 0.6 is 0 Å². The van der Waals surface area contributed by atoms with E-state index in [4.69, 9.17) is 19.9 Å². The molecule has 0 aromatic heterocycles. The summed E-state index contributed by atoms with van der Waals surface area (Å²) >= 11 is 0. The minimum absolute atomic E-state index is 0.0736. The van der Waals surface area contributed by atoms with Crippen molar-refractivity contribution in [2.45, 2.75) is 94.4 Å². The molecule has 0 amide bonds. The lowest BCUT2D eigenvalue weighted by atomic mass is 9.44. The number of hydrogen-bond donors (Lipinski definition) is 3. The first-order chi connectivity index (χ1) is 26.1. The van der Waals surface area contributed by atoms with Gasteiger partial charge in [0.2, 0.25) is 11.4 Å². The molecule has 4 unspecified atom stereocenters. The third-order valence-corrected chi connectivity index (χ3v) is 11.3. The maximum atomic E-state index is 17.7. The number of carbonyl (C=O) groups is 5. The third kappa shape index (κ3) is 8.26. The number of nitrogens with two attached hydrogens (primary N) is 1. The minimum Gasteiger partial charge on any atom is -0.462 e. The summed E-state index contributed by atoms with van der Waals surface area (Å²) in [5, 5.41) is 51.3. The molecule has 56 heavy (non-hydrogen) atoms. The van der Waals surface area contributed by atoms with Crippen LogP contribution in [0.4, 0.5) is 4.39 Å². The van der Waals surface area contributed by atoms with Crippen molar-refractivity contribution in [2.75, 3.05) is 26.4 Å². The molecule has 4 aliphatic carbocycles. The summed E-state index contributed by atoms with van der Waals surface area (Å²) in [7, 11) is 0. The second kappa shape index (κ2) is 16.8. The van der Waals surface area contributed by atoms with Crippen LogP contribution in [0.3, 0.4) is 0 Å². The molecule has 10 atom stereocenters. The second-order valence-corrected chi connectivity index (χ2v) is 14.4. The zero-order chi connectivity index (χ0) is 41.8. The number of alkyl halides is 1. The van der Waals surface area contributed by atoms with Gasteiger partial charge < -0.3 is 44.7 Å². The van der Waals surface area contributed by atoms with Gasteiger partial charge in [0.15, 0.2) is 24.2 Å². The van der Waals surface area contributed by atoms with Crippen molar-refractivity contribution >= 4 is 29.5 Å². The van der Waals surface area contributed by atoms with Crippen molar-refractivity contribution in [1.82, 2.24) is 0 Å². The number of esters is 3. The van der Waals surface area contributed by atoms with Crippen LogP contribution < -0.4 is 5.73 Å². The monoisotopic (exact) mass is 804 g/mol. The summed E-state index contributed by atoms with van der Waals surface area (Å²) in [6, 6.07) is -1.81. The smallest absolute Gasteiger partial charge is 0.323 e. The number of nitrogens with zero attached hydrogens (tertiary/aromatic N) is 3. The van der Waals surface area contributed by atoms with Crippen molar-refractivity contribution < 1.29 is 82.6 Å². The predicted molar refractivity (Wildman–Crippen MR) is 175 cm³/mol. The molecule has 23 nitrogen and oxygen atoms in total. The number of ketones is 2. The standard InChI is InChI=1S/C32H41FN4O19/c1-29-8-7-18(38)10-17(29)5-6-20-21-11-23(39)32(30(21,2)13-24(40)31(20,29)33,55-26(42)4-3-9-53-35(45)46)25(41)16-51-27(43)12-22(34)28(44)52-14-19(56-37(49)50)15-54-36(47)48/h7-8,10,19-24,39-40H,3-6,9,11-16,34H2,1-2H3/t19?,20?,21?,22?,23-,24+,29+,30+,31+,32+/m1/s1. The van der Waals surface area contributed by atoms with Crippen LogP contribution in [-0.2, 0) is 52.7 Å². The lowest BCUT2D eigenvalue weighted by molar-refractivity contribution is -0.790. The first-order valence-corrected chi connectivity index (χ1v) is 17.3. The fourth-order valence-corrected chi connectivity index (χ4v) is 8.77. The number of carbonyl (C=O) groups excluding carboxylic acids is 5. The Labute approximate surface area is 315 Å². The van der Waals surface area contributed by atoms with Gasteiger partial charge in [-0.05, 0) is 57.1 Å². The fraction of sp³-hybridized carbons (Fsp3) is 0.719. The van der Waals surface area contributed by atoms with E-state index in [1.165, 1.54) is 25.2 Å². The van der Waals surface area contributed by atoms with E-state index in [1.54, 1.807) is 6.92 Å². The number of fused-ring (bicyclic) bond motifs is 5. The summed E-state index contributed by atoms with van der Waals surface area (Å²) in [5.74, 6) is -7.31. The molecule has 3 fully saturated rings. The average Bonchev–Trinajstić information content (AvgIpc) is 3.32. The van der Waals surface area contributed by atoms with Gasteiger partial charge in [0, 0.05) is 23.2 Å². The molecule has 4 aliphatic rings. The number of Topliss-reactive ketones (excluding diaryl/α,β-unsaturated/α-hetero) is 1. The zero-order valence-electron chi connectivity index (χ0n) is 30.1. The molecule has 4 N–H and O–H groups in total. The Morgan fingerprint density at radius 1 is 0.982 bits per heavy atom. The summed E-state index contributed by atoms with van der Waals surface area (Å²) in [5.41, 5.74) is -2.00. The van der Waals surface area contributed by atoms with Crippen molar-refractivity contribution in [3.63, 3.8) is 0 Å². The van der Waals surface area contributed by atoms with Crippen LogP contribution in [-0.4, -0.2) is 117 Å². The van der Waals surface area contributed by atoms with E-state index in [1.807, 2.05) is 0 Å². The fourth-order valence-electron chi connectivity index (χ4n) is 8.77. The van der Waals surface area contributed by atoms with Crippen LogP contribution in [0.1, 0.15) is 58.8 Å². The SMILES string of the molecule is C[C@]12C=CC(=O)C=C1CCC1C3C[C@@H](O)[C@](OC(=O)CCCO[N+](=O)[O-])(C(=O)COC(=O)CC(N)C(=O)OCC(CO[N+](=O)[O-])O[N+](=O)[O-])[C@@]3(C)C[C@H](O)[C@@]12F. The number of hydrogen-bond acceptors (Lipinski definition) is 20. The predicted octanol–water partition coefficient (Wildman–Crippen LogP) is -0.243. The molecule has 0 radical (unpaired) electrons. The maximum Gasteiger partial charge on any atom is 0.323 e. The number of ether oxygens (including phenoxy) is 3. The van der Waals surface area contributed by atoms with E-state index in [0.29, 0.717) is 5.57 Å². The zero-order valence-corrected chi connectivity index (χ0v) is 30.1. The Hall–Kier alpha value is -5.36. The molecule has 310 valence electrons. The van der Waals surface area contributed by atoms with Gasteiger partial charge in [0.25, 0.3) is 15.3 Å². The lowest BCUT2D eigenvalue weighted by Gasteiger charge is -2.62. The van der Waals surface area contributed by atoms with E-state index in [0.717, 1.165) is 0 Å². The highest BCUT2D eigenvalue weighted by Crippen LogP contribution is 2.70. The summed E-state index contributed by atoms with van der Waals surface area (Å²) < 4.78 is 33.2. The van der Waals surface area contributed by atoms with Crippen molar-refractivity contribution in [1.29, 1.82) is 0 Å². The van der Waals surface area contributed by atoms with Crippen LogP contribution in [0.5, 0.6) is 0 Å². The first-order valence-electron chi connectivity index (χ1n) is 17.3. The number of allylic oxidation sites excluding steroid dienone is 4. The Morgan fingerprint density at radius 2 is 1.66 bits per heavy atom. The summed E-state index contributed by atoms with van der Waals surface area (Å²) in [4.78, 5) is 109. The van der Waals surface area contributed by atoms with E-state index in [-0.39, 0.29) is 31.5 Å². The molecular formula is C32H41FN4O19. The number of rotatable bonds is 19. The van der Waals surface area contributed by atoms with Gasteiger partial charge in [-0.3, -0.25) is 24.0 Å². The Kier molecular flexibility index (Phi) is 13.0. The van der Waals surface area contributed by atoms with E-state index >= 15 is 4.39 Å². The largest absolute Gasteiger partial charge is 0.462 e. The molecular weight excluding hydrogens is 763 g/mol. The topological polar surface area (TPSA) is 337 Å². The molecule has 0 aliphatic heterocycles. The molecule has 0 bridgehead atoms. The van der Waals surface area contributed by atoms with Gasteiger partial charge in [-0.15, -0.1) is 30.3 Å². The normalized spacial score (nSPS) is 32.5. The molecule has 0 aromatic carbocycles. The average molecular weight is 805 g/mol. The highest BCUT2D eigenvalue weighted by atomic mass is 19.1. The summed E-state index contributed by atoms with van der Waals surface area (Å²) in [6.45, 7) is -0.739. The van der Waals surface area contributed by atoms with E-state index in [9.17, 15) is 64.5 Å². The van der Waals surface area contributed by atoms with Crippen molar-refractivity contribution in [2.24, 2.45) is 28.4 Å². The third-order valence-electron chi connectivity index (χ3n) is 11.3. The van der Waals surface area contributed by atoms with Crippen molar-refractivity contribution in [3.8, 4) is 0 Å². The molecule has 0 heterocycles. The second-order valence-electron chi connectivity index (χ2n) is 14.4. The van der Waals surface area contributed by atoms with Gasteiger partial charge >= 0.3 is 17.9 Å². The first kappa shape index (κ1) is 43.4. The Balaban J connectivity index is 1.54. The quantitative estimate of drug-likeness (QED) is 0.0498. The van der Waals surface area contributed by atoms with Gasteiger partial charge in [0.05, 0.1) is 19.1 Å². The van der Waals surface area contributed by atoms with Gasteiger partial charge in [0.1, 0.15) is 25.4 Å². The summed E-state index contributed by atoms with van der Waals surface area (Å²) in [6.07, 6.45) is -3.90. The van der Waals surface area contributed by atoms with Crippen LogP contribution in [0.25, 0.3) is 0 Å². The van der Waals surface area contributed by atoms with Gasteiger partial charge in [-0.25, -0.2) is 4.39 Å². The molecule has 3 saturated carbocycles. The Morgan fingerprint density at radius 3 is 2.30 bits per heavy atom. The molecule has 4 rings (SSSR count).